The van der Waals surface area contributed by atoms with E-state index in [0.29, 0.717) is 28.1 Å². The highest BCUT2D eigenvalue weighted by Gasteiger charge is 2.41. The van der Waals surface area contributed by atoms with Gasteiger partial charge in [-0.15, -0.1) is 0 Å². The molecule has 0 radical (unpaired) electrons. The van der Waals surface area contributed by atoms with E-state index in [1.165, 1.54) is 12.4 Å². The van der Waals surface area contributed by atoms with E-state index in [0.717, 1.165) is 12.8 Å². The number of ether oxygens (including phenoxy) is 1. The molecule has 5 rings (SSSR count). The molecule has 0 bridgehead atoms. The zero-order valence-corrected chi connectivity index (χ0v) is 16.1. The number of benzene rings is 1. The van der Waals surface area contributed by atoms with Crippen molar-refractivity contribution in [1.82, 2.24) is 20.2 Å². The van der Waals surface area contributed by atoms with Crippen LogP contribution >= 0.6 is 0 Å². The molecule has 0 amide bonds. The topological polar surface area (TPSA) is 107 Å². The summed E-state index contributed by atoms with van der Waals surface area (Å²) < 4.78 is 20.3. The summed E-state index contributed by atoms with van der Waals surface area (Å²) in [4.78, 5) is 10.4. The number of nitrogens with zero attached hydrogens (tertiary/aromatic N) is 4. The van der Waals surface area contributed by atoms with Crippen LogP contribution in [0.25, 0.3) is 22.3 Å². The molecular formula is C20H22FN5O3. The normalized spacial score (nSPS) is 25.6. The largest absolute Gasteiger partial charge is 0.484 e. The Morgan fingerprint density at radius 3 is 2.72 bits per heavy atom. The first-order valence-electron chi connectivity index (χ1n) is 9.66. The summed E-state index contributed by atoms with van der Waals surface area (Å²) in [5.74, 6) is 0.352. The highest BCUT2D eigenvalue weighted by molar-refractivity contribution is 5.93. The van der Waals surface area contributed by atoms with Gasteiger partial charge in [0.2, 0.25) is 0 Å². The van der Waals surface area contributed by atoms with Gasteiger partial charge in [0.25, 0.3) is 0 Å². The third-order valence-corrected chi connectivity index (χ3v) is 5.88. The fourth-order valence-electron chi connectivity index (χ4n) is 3.75. The van der Waals surface area contributed by atoms with Crippen molar-refractivity contribution in [2.24, 2.45) is 0 Å². The Hall–Kier alpha value is -2.78. The van der Waals surface area contributed by atoms with Crippen LogP contribution in [0.3, 0.4) is 0 Å². The van der Waals surface area contributed by atoms with Crippen molar-refractivity contribution in [2.45, 2.75) is 50.5 Å². The monoisotopic (exact) mass is 399 g/mol. The fraction of sp³-hybridized carbons (Fsp3) is 0.450. The standard InChI is InChI=1S/C20H22FN5O3/c1-10-19(28)15(27)8-26(10)17-7-14(22-9-23-17)18-11-5-16(29-20(2)3-4-20)12(21)6-13(11)24-25-18/h5-7,9-10,15,19,27-28H,3-4,8H2,1-2H3,(H,24,25)/t10-,15-,19-/m0/s1. The molecule has 3 aromatic rings. The molecule has 29 heavy (non-hydrogen) atoms. The molecule has 8 nitrogen and oxygen atoms in total. The van der Waals surface area contributed by atoms with E-state index >= 15 is 0 Å². The van der Waals surface area contributed by atoms with Gasteiger partial charge in [0.15, 0.2) is 11.6 Å². The van der Waals surface area contributed by atoms with Gasteiger partial charge in [-0.2, -0.15) is 5.10 Å². The number of H-pyrrole nitrogens is 1. The van der Waals surface area contributed by atoms with Crippen molar-refractivity contribution in [3.63, 3.8) is 0 Å². The van der Waals surface area contributed by atoms with Crippen LogP contribution in [0.4, 0.5) is 10.2 Å². The van der Waals surface area contributed by atoms with E-state index in [9.17, 15) is 14.6 Å². The lowest BCUT2D eigenvalue weighted by Gasteiger charge is -2.23. The number of hydrogen-bond acceptors (Lipinski definition) is 7. The Kier molecular flexibility index (Phi) is 4.01. The van der Waals surface area contributed by atoms with Crippen molar-refractivity contribution in [3.8, 4) is 17.1 Å². The molecule has 0 spiro atoms. The summed E-state index contributed by atoms with van der Waals surface area (Å²) in [6.45, 7) is 4.07. The number of fused-ring (bicyclic) bond motifs is 1. The number of aromatic nitrogens is 4. The first-order valence-corrected chi connectivity index (χ1v) is 9.66. The van der Waals surface area contributed by atoms with Crippen molar-refractivity contribution < 1.29 is 19.3 Å². The molecule has 3 heterocycles. The number of anilines is 1. The second kappa shape index (κ2) is 6.36. The maximum absolute atomic E-state index is 14.4. The summed E-state index contributed by atoms with van der Waals surface area (Å²) in [5.41, 5.74) is 1.36. The second-order valence-corrected chi connectivity index (χ2v) is 8.16. The minimum atomic E-state index is -0.842. The summed E-state index contributed by atoms with van der Waals surface area (Å²) in [6, 6.07) is 4.51. The van der Waals surface area contributed by atoms with Gasteiger partial charge in [0.1, 0.15) is 29.5 Å². The van der Waals surface area contributed by atoms with Crippen LogP contribution in [0.1, 0.15) is 26.7 Å². The van der Waals surface area contributed by atoms with E-state index in [2.05, 4.69) is 20.2 Å². The average molecular weight is 399 g/mol. The number of halogens is 1. The molecule has 1 saturated carbocycles. The van der Waals surface area contributed by atoms with Gasteiger partial charge >= 0.3 is 0 Å². The molecule has 0 unspecified atom stereocenters. The number of hydrogen-bond donors (Lipinski definition) is 3. The molecule has 1 aliphatic carbocycles. The Balaban J connectivity index is 1.53. The number of β-amino-alcohol motifs (C(OH)–C–C–N with tert-alkyl or cyclic N) is 1. The summed E-state index contributed by atoms with van der Waals surface area (Å²) >= 11 is 0. The van der Waals surface area contributed by atoms with Crippen LogP contribution in [0.2, 0.25) is 0 Å². The van der Waals surface area contributed by atoms with Gasteiger partial charge in [-0.25, -0.2) is 14.4 Å². The van der Waals surface area contributed by atoms with Crippen LogP contribution < -0.4 is 9.64 Å². The van der Waals surface area contributed by atoms with Gasteiger partial charge in [-0.05, 0) is 32.8 Å². The van der Waals surface area contributed by atoms with Crippen molar-refractivity contribution in [1.29, 1.82) is 0 Å². The molecule has 2 aromatic heterocycles. The van der Waals surface area contributed by atoms with Gasteiger partial charge < -0.3 is 19.8 Å². The molecule has 3 N–H and O–H groups in total. The molecular weight excluding hydrogens is 377 g/mol. The Morgan fingerprint density at radius 1 is 1.24 bits per heavy atom. The smallest absolute Gasteiger partial charge is 0.167 e. The minimum Gasteiger partial charge on any atom is -0.484 e. The Morgan fingerprint density at radius 2 is 2.03 bits per heavy atom. The third kappa shape index (κ3) is 3.10. The van der Waals surface area contributed by atoms with Crippen molar-refractivity contribution in [3.05, 3.63) is 30.3 Å². The molecule has 9 heteroatoms. The molecule has 1 saturated heterocycles. The van der Waals surface area contributed by atoms with Crippen molar-refractivity contribution in [2.75, 3.05) is 11.4 Å². The van der Waals surface area contributed by atoms with E-state index in [-0.39, 0.29) is 23.9 Å². The van der Waals surface area contributed by atoms with E-state index in [1.54, 1.807) is 12.1 Å². The molecule has 2 fully saturated rings. The van der Waals surface area contributed by atoms with Gasteiger partial charge in [-0.3, -0.25) is 5.10 Å². The molecule has 3 atom stereocenters. The average Bonchev–Trinajstić information content (AvgIpc) is 3.20. The predicted octanol–water partition coefficient (Wildman–Crippen LogP) is 2.02. The summed E-state index contributed by atoms with van der Waals surface area (Å²) in [7, 11) is 0. The molecule has 1 aromatic carbocycles. The minimum absolute atomic E-state index is 0.203. The highest BCUT2D eigenvalue weighted by atomic mass is 19.1. The number of nitrogens with one attached hydrogen (secondary N) is 1. The molecule has 152 valence electrons. The summed E-state index contributed by atoms with van der Waals surface area (Å²) in [6.07, 6.45) is 1.56. The Bertz CT molecular complexity index is 1080. The van der Waals surface area contributed by atoms with Crippen LogP contribution in [0.5, 0.6) is 5.75 Å². The third-order valence-electron chi connectivity index (χ3n) is 5.88. The van der Waals surface area contributed by atoms with Crippen molar-refractivity contribution >= 4 is 16.7 Å². The van der Waals surface area contributed by atoms with Crippen LogP contribution in [-0.2, 0) is 0 Å². The second-order valence-electron chi connectivity index (χ2n) is 8.16. The quantitative estimate of drug-likeness (QED) is 0.616. The van der Waals surface area contributed by atoms with E-state index in [1.807, 2.05) is 18.7 Å². The maximum Gasteiger partial charge on any atom is 0.167 e. The van der Waals surface area contributed by atoms with E-state index in [4.69, 9.17) is 4.74 Å². The van der Waals surface area contributed by atoms with E-state index < -0.39 is 18.0 Å². The van der Waals surface area contributed by atoms with Crippen LogP contribution in [0.15, 0.2) is 24.5 Å². The van der Waals surface area contributed by atoms with Crippen LogP contribution in [0, 0.1) is 5.82 Å². The molecule has 2 aliphatic rings. The maximum atomic E-state index is 14.4. The zero-order valence-electron chi connectivity index (χ0n) is 16.1. The Labute approximate surface area is 166 Å². The molecule has 1 aliphatic heterocycles. The van der Waals surface area contributed by atoms with Gasteiger partial charge in [0.05, 0.1) is 23.4 Å². The summed E-state index contributed by atoms with van der Waals surface area (Å²) in [5, 5.41) is 27.9. The number of aliphatic hydroxyl groups excluding tert-OH is 2. The lowest BCUT2D eigenvalue weighted by Crippen LogP contribution is -2.33. The van der Waals surface area contributed by atoms with Crippen LogP contribution in [-0.4, -0.2) is 60.8 Å². The van der Waals surface area contributed by atoms with Gasteiger partial charge in [-0.1, -0.05) is 0 Å². The zero-order chi connectivity index (χ0) is 20.3. The number of aliphatic hydroxyl groups is 2. The fourth-order valence-corrected chi connectivity index (χ4v) is 3.75. The SMILES string of the molecule is C[C@H]1[C@H](O)[C@@H](O)CN1c1cc(-c2n[nH]c3cc(F)c(OC4(C)CC4)cc23)ncn1. The number of rotatable bonds is 4. The first kappa shape index (κ1) is 18.3. The first-order chi connectivity index (χ1) is 13.8. The lowest BCUT2D eigenvalue weighted by molar-refractivity contribution is 0.0438. The van der Waals surface area contributed by atoms with Gasteiger partial charge in [0, 0.05) is 24.1 Å². The predicted molar refractivity (Wildman–Crippen MR) is 104 cm³/mol. The lowest BCUT2D eigenvalue weighted by atomic mass is 10.1. The number of aromatic amines is 1. The highest BCUT2D eigenvalue weighted by Crippen LogP contribution is 2.41.